The van der Waals surface area contributed by atoms with Crippen LogP contribution < -0.4 is 10.6 Å². The van der Waals surface area contributed by atoms with Crippen LogP contribution >= 0.6 is 0 Å². The van der Waals surface area contributed by atoms with E-state index in [1.807, 2.05) is 24.3 Å². The fraction of sp³-hybridized carbons (Fsp3) is 0.238. The predicted molar refractivity (Wildman–Crippen MR) is 110 cm³/mol. The van der Waals surface area contributed by atoms with Gasteiger partial charge in [-0.25, -0.2) is 4.98 Å². The van der Waals surface area contributed by atoms with E-state index in [4.69, 9.17) is 5.11 Å². The third kappa shape index (κ3) is 3.95. The van der Waals surface area contributed by atoms with E-state index in [9.17, 15) is 14.4 Å². The van der Waals surface area contributed by atoms with E-state index in [0.29, 0.717) is 23.6 Å². The lowest BCUT2D eigenvalue weighted by molar-refractivity contribution is -0.139. The third-order valence-corrected chi connectivity index (χ3v) is 5.00. The molecule has 0 radical (unpaired) electrons. The molecular formula is C21H21N5O4. The van der Waals surface area contributed by atoms with E-state index in [-0.39, 0.29) is 24.8 Å². The zero-order chi connectivity index (χ0) is 21.3. The van der Waals surface area contributed by atoms with Crippen LogP contribution in [0.3, 0.4) is 0 Å². The largest absolute Gasteiger partial charge is 0.481 e. The summed E-state index contributed by atoms with van der Waals surface area (Å²) in [5, 5.41) is 14.7. The number of fused-ring (bicyclic) bond motifs is 2. The quantitative estimate of drug-likeness (QED) is 0.510. The van der Waals surface area contributed by atoms with Gasteiger partial charge in [-0.2, -0.15) is 0 Å². The number of aromatic amines is 1. The van der Waals surface area contributed by atoms with Crippen LogP contribution in [-0.2, 0) is 22.7 Å². The molecule has 1 aromatic heterocycles. The number of hydrogen-bond acceptors (Lipinski definition) is 5. The SMILES string of the molecule is CN(Cc1nc2ccccc2[nH]1)C(=O)c1ccc2c(c1)CNC(=O)C(CC(=O)O)N2. The first-order chi connectivity index (χ1) is 14.4. The van der Waals surface area contributed by atoms with Crippen LogP contribution in [0.25, 0.3) is 11.0 Å². The number of nitrogens with zero attached hydrogens (tertiary/aromatic N) is 2. The van der Waals surface area contributed by atoms with Gasteiger partial charge < -0.3 is 25.6 Å². The van der Waals surface area contributed by atoms with Crippen molar-refractivity contribution in [2.75, 3.05) is 12.4 Å². The highest BCUT2D eigenvalue weighted by Gasteiger charge is 2.26. The normalized spacial score (nSPS) is 15.6. The molecule has 1 unspecified atom stereocenters. The van der Waals surface area contributed by atoms with Gasteiger partial charge in [-0.1, -0.05) is 12.1 Å². The summed E-state index contributed by atoms with van der Waals surface area (Å²) in [6.45, 7) is 0.534. The zero-order valence-corrected chi connectivity index (χ0v) is 16.3. The molecule has 9 heteroatoms. The number of carbonyl (C=O) groups is 3. The molecule has 154 valence electrons. The van der Waals surface area contributed by atoms with Crippen molar-refractivity contribution in [2.24, 2.45) is 0 Å². The number of H-pyrrole nitrogens is 1. The Hall–Kier alpha value is -3.88. The maximum atomic E-state index is 12.9. The van der Waals surface area contributed by atoms with Crippen LogP contribution in [0.2, 0.25) is 0 Å². The fourth-order valence-electron chi connectivity index (χ4n) is 3.49. The minimum absolute atomic E-state index is 0.184. The van der Waals surface area contributed by atoms with E-state index in [2.05, 4.69) is 20.6 Å². The molecule has 2 heterocycles. The van der Waals surface area contributed by atoms with Crippen molar-refractivity contribution in [3.8, 4) is 0 Å². The molecule has 1 atom stereocenters. The summed E-state index contributed by atoms with van der Waals surface area (Å²) in [5.41, 5.74) is 3.59. The predicted octanol–water partition coefficient (Wildman–Crippen LogP) is 1.72. The topological polar surface area (TPSA) is 127 Å². The molecule has 0 saturated heterocycles. The molecule has 0 bridgehead atoms. The first-order valence-electron chi connectivity index (χ1n) is 9.49. The molecule has 0 fully saturated rings. The van der Waals surface area contributed by atoms with Gasteiger partial charge in [0.15, 0.2) is 0 Å². The number of carboxylic acid groups (broad SMARTS) is 1. The minimum atomic E-state index is -1.06. The molecule has 1 aliphatic rings. The molecule has 4 N–H and O–H groups in total. The Balaban J connectivity index is 1.50. The van der Waals surface area contributed by atoms with Gasteiger partial charge in [0.05, 0.1) is 24.0 Å². The Morgan fingerprint density at radius 1 is 1.23 bits per heavy atom. The van der Waals surface area contributed by atoms with Crippen LogP contribution in [0.5, 0.6) is 0 Å². The zero-order valence-electron chi connectivity index (χ0n) is 16.3. The van der Waals surface area contributed by atoms with Crippen molar-refractivity contribution in [2.45, 2.75) is 25.6 Å². The van der Waals surface area contributed by atoms with Crippen molar-refractivity contribution in [3.05, 3.63) is 59.4 Å². The van der Waals surface area contributed by atoms with Gasteiger partial charge in [0, 0.05) is 24.8 Å². The van der Waals surface area contributed by atoms with Gasteiger partial charge in [0.25, 0.3) is 5.91 Å². The summed E-state index contributed by atoms with van der Waals surface area (Å²) >= 11 is 0. The second-order valence-corrected chi connectivity index (χ2v) is 7.25. The van der Waals surface area contributed by atoms with E-state index in [1.54, 1.807) is 30.1 Å². The number of carbonyl (C=O) groups excluding carboxylic acids is 2. The number of benzene rings is 2. The monoisotopic (exact) mass is 407 g/mol. The number of rotatable bonds is 5. The Labute approximate surface area is 172 Å². The Bertz CT molecular complexity index is 1110. The summed E-state index contributed by atoms with van der Waals surface area (Å²) in [7, 11) is 1.70. The first kappa shape index (κ1) is 19.4. The molecule has 0 saturated carbocycles. The van der Waals surface area contributed by atoms with Gasteiger partial charge >= 0.3 is 5.97 Å². The van der Waals surface area contributed by atoms with Crippen LogP contribution in [0.4, 0.5) is 5.69 Å². The number of aliphatic carboxylic acids is 1. The lowest BCUT2D eigenvalue weighted by Crippen LogP contribution is -2.38. The highest BCUT2D eigenvalue weighted by atomic mass is 16.4. The average Bonchev–Trinajstić information content (AvgIpc) is 3.06. The summed E-state index contributed by atoms with van der Waals surface area (Å²) in [6, 6.07) is 11.9. The van der Waals surface area contributed by atoms with Gasteiger partial charge in [-0.05, 0) is 35.9 Å². The van der Waals surface area contributed by atoms with Gasteiger partial charge in [0.1, 0.15) is 11.9 Å². The molecule has 30 heavy (non-hydrogen) atoms. The molecular weight excluding hydrogens is 386 g/mol. The second-order valence-electron chi connectivity index (χ2n) is 7.25. The van der Waals surface area contributed by atoms with E-state index in [0.717, 1.165) is 16.6 Å². The fourth-order valence-corrected chi connectivity index (χ4v) is 3.49. The van der Waals surface area contributed by atoms with Crippen molar-refractivity contribution in [1.29, 1.82) is 0 Å². The van der Waals surface area contributed by atoms with Gasteiger partial charge in [0.2, 0.25) is 5.91 Å². The highest BCUT2D eigenvalue weighted by molar-refractivity contribution is 5.95. The number of hydrogen-bond donors (Lipinski definition) is 4. The minimum Gasteiger partial charge on any atom is -0.481 e. The Morgan fingerprint density at radius 2 is 2.03 bits per heavy atom. The van der Waals surface area contributed by atoms with Crippen molar-refractivity contribution in [1.82, 2.24) is 20.2 Å². The summed E-state index contributed by atoms with van der Waals surface area (Å²) < 4.78 is 0. The lowest BCUT2D eigenvalue weighted by atomic mass is 10.1. The second kappa shape index (κ2) is 7.86. The van der Waals surface area contributed by atoms with Crippen LogP contribution in [0.1, 0.15) is 28.2 Å². The molecule has 1 aliphatic heterocycles. The van der Waals surface area contributed by atoms with Crippen LogP contribution in [0, 0.1) is 0 Å². The Kier molecular flexibility index (Phi) is 5.09. The molecule has 2 aromatic carbocycles. The summed E-state index contributed by atoms with van der Waals surface area (Å²) in [6.07, 6.45) is -0.327. The molecule has 4 rings (SSSR count). The van der Waals surface area contributed by atoms with Gasteiger partial charge in [-0.3, -0.25) is 14.4 Å². The van der Waals surface area contributed by atoms with Crippen molar-refractivity contribution in [3.63, 3.8) is 0 Å². The number of para-hydroxylation sites is 2. The standard InChI is InChI=1S/C21H21N5O4/c1-26(11-18-24-15-4-2-3-5-16(15)25-18)21(30)12-6-7-14-13(8-12)10-22-20(29)17(23-14)9-19(27)28/h2-8,17,23H,9-11H2,1H3,(H,22,29)(H,24,25)(H,27,28). The number of amides is 2. The number of nitrogens with one attached hydrogen (secondary N) is 3. The highest BCUT2D eigenvalue weighted by Crippen LogP contribution is 2.23. The smallest absolute Gasteiger partial charge is 0.305 e. The van der Waals surface area contributed by atoms with Crippen LogP contribution in [-0.4, -0.2) is 50.8 Å². The first-order valence-corrected chi connectivity index (χ1v) is 9.49. The molecule has 3 aromatic rings. The summed E-state index contributed by atoms with van der Waals surface area (Å²) in [5.74, 6) is -0.947. The van der Waals surface area contributed by atoms with Crippen LogP contribution in [0.15, 0.2) is 42.5 Å². The average molecular weight is 407 g/mol. The molecule has 9 nitrogen and oxygen atoms in total. The van der Waals surface area contributed by atoms with Crippen molar-refractivity contribution < 1.29 is 19.5 Å². The third-order valence-electron chi connectivity index (χ3n) is 5.00. The van der Waals surface area contributed by atoms with Gasteiger partial charge in [-0.15, -0.1) is 0 Å². The van der Waals surface area contributed by atoms with E-state index >= 15 is 0 Å². The number of carboxylic acids is 1. The molecule has 2 amide bonds. The summed E-state index contributed by atoms with van der Waals surface area (Å²) in [4.78, 5) is 45.3. The van der Waals surface area contributed by atoms with Crippen molar-refractivity contribution >= 4 is 34.5 Å². The number of aromatic nitrogens is 2. The Morgan fingerprint density at radius 3 is 2.80 bits per heavy atom. The van der Waals surface area contributed by atoms with E-state index in [1.165, 1.54) is 0 Å². The maximum Gasteiger partial charge on any atom is 0.305 e. The lowest BCUT2D eigenvalue weighted by Gasteiger charge is -2.18. The maximum absolute atomic E-state index is 12.9. The van der Waals surface area contributed by atoms with E-state index < -0.39 is 12.0 Å². The molecule has 0 spiro atoms. The number of anilines is 1. The molecule has 0 aliphatic carbocycles. The number of imidazole rings is 1.